The molecule has 5 heteroatoms. The highest BCUT2D eigenvalue weighted by molar-refractivity contribution is 5.97. The van der Waals surface area contributed by atoms with Crippen LogP contribution in [0.3, 0.4) is 0 Å². The molecule has 1 atom stereocenters. The Bertz CT molecular complexity index is 885. The summed E-state index contributed by atoms with van der Waals surface area (Å²) in [7, 11) is 4.25. The lowest BCUT2D eigenvalue weighted by atomic mass is 9.98. The number of nitrogens with zero attached hydrogens (tertiary/aromatic N) is 4. The van der Waals surface area contributed by atoms with Crippen molar-refractivity contribution in [1.82, 2.24) is 9.88 Å². The molecule has 1 aromatic heterocycles. The summed E-state index contributed by atoms with van der Waals surface area (Å²) < 4.78 is 6.21. The number of rotatable bonds is 4. The lowest BCUT2D eigenvalue weighted by Gasteiger charge is -2.24. The van der Waals surface area contributed by atoms with Gasteiger partial charge in [-0.2, -0.15) is 5.26 Å². The number of hydrogen-bond acceptors (Lipinski definition) is 5. The van der Waals surface area contributed by atoms with Gasteiger partial charge in [0.05, 0.1) is 11.3 Å². The monoisotopic (exact) mass is 336 g/mol. The van der Waals surface area contributed by atoms with Crippen LogP contribution in [-0.4, -0.2) is 43.1 Å². The van der Waals surface area contributed by atoms with Gasteiger partial charge in [-0.25, -0.2) is 4.98 Å². The molecule has 0 N–H and O–H groups in total. The molecule has 2 aromatic rings. The first-order chi connectivity index (χ1) is 12.0. The molecule has 1 saturated heterocycles. The zero-order valence-electron chi connectivity index (χ0n) is 15.2. The van der Waals surface area contributed by atoms with Crippen molar-refractivity contribution in [2.24, 2.45) is 0 Å². The third-order valence-corrected chi connectivity index (χ3v) is 5.58. The number of benzene rings is 1. The van der Waals surface area contributed by atoms with Gasteiger partial charge in [-0.05, 0) is 45.8 Å². The van der Waals surface area contributed by atoms with E-state index in [1.165, 1.54) is 0 Å². The normalized spacial score (nSPS) is 20.4. The van der Waals surface area contributed by atoms with Crippen LogP contribution in [0.25, 0.3) is 17.2 Å². The second-order valence-corrected chi connectivity index (χ2v) is 7.43. The molecular weight excluding hydrogens is 312 g/mol. The van der Waals surface area contributed by atoms with Crippen LogP contribution in [0.2, 0.25) is 0 Å². The van der Waals surface area contributed by atoms with Crippen molar-refractivity contribution in [3.8, 4) is 6.07 Å². The molecule has 4 rings (SSSR count). The number of aromatic nitrogens is 1. The molecule has 1 aromatic carbocycles. The van der Waals surface area contributed by atoms with Crippen molar-refractivity contribution in [2.75, 3.05) is 32.1 Å². The van der Waals surface area contributed by atoms with E-state index >= 15 is 0 Å². The van der Waals surface area contributed by atoms with Crippen molar-refractivity contribution in [3.05, 3.63) is 29.2 Å². The molecule has 25 heavy (non-hydrogen) atoms. The SMILES string of the molecule is C=Cc1c(C)c(C#N)c2nc(C3CC3)oc2c1N1CCC(N(C)C)C1. The first-order valence-electron chi connectivity index (χ1n) is 8.96. The van der Waals surface area contributed by atoms with Gasteiger partial charge >= 0.3 is 0 Å². The largest absolute Gasteiger partial charge is 0.438 e. The molecule has 2 heterocycles. The minimum absolute atomic E-state index is 0.424. The van der Waals surface area contributed by atoms with Crippen LogP contribution in [0.15, 0.2) is 11.0 Å². The van der Waals surface area contributed by atoms with Crippen molar-refractivity contribution < 1.29 is 4.42 Å². The molecule has 130 valence electrons. The van der Waals surface area contributed by atoms with Crippen LogP contribution < -0.4 is 4.90 Å². The highest BCUT2D eigenvalue weighted by Crippen LogP contribution is 2.45. The van der Waals surface area contributed by atoms with Crippen LogP contribution >= 0.6 is 0 Å². The molecule has 0 radical (unpaired) electrons. The van der Waals surface area contributed by atoms with Gasteiger partial charge in [0.15, 0.2) is 11.5 Å². The van der Waals surface area contributed by atoms with Gasteiger partial charge in [0.25, 0.3) is 0 Å². The van der Waals surface area contributed by atoms with Gasteiger partial charge < -0.3 is 14.2 Å². The first kappa shape index (κ1) is 16.2. The molecule has 5 nitrogen and oxygen atoms in total. The van der Waals surface area contributed by atoms with Crippen LogP contribution in [0.4, 0.5) is 5.69 Å². The molecule has 0 amide bonds. The van der Waals surface area contributed by atoms with Gasteiger partial charge in [-0.15, -0.1) is 0 Å². The first-order valence-corrected chi connectivity index (χ1v) is 8.96. The summed E-state index contributed by atoms with van der Waals surface area (Å²) in [5.41, 5.74) is 5.11. The van der Waals surface area contributed by atoms with Crippen molar-refractivity contribution >= 4 is 22.9 Å². The Balaban J connectivity index is 1.92. The van der Waals surface area contributed by atoms with E-state index in [4.69, 9.17) is 9.40 Å². The zero-order valence-corrected chi connectivity index (χ0v) is 15.2. The number of anilines is 1. The summed E-state index contributed by atoms with van der Waals surface area (Å²) >= 11 is 0. The molecular formula is C20H24N4O. The minimum Gasteiger partial charge on any atom is -0.438 e. The standard InChI is InChI=1S/C20H24N4O/c1-5-15-12(2)16(10-21)17-19(25-20(22-17)13-6-7-13)18(15)24-9-8-14(11-24)23(3)4/h5,13-14H,1,6-9,11H2,2-4H3. The number of oxazole rings is 1. The number of hydrogen-bond donors (Lipinski definition) is 0. The van der Waals surface area contributed by atoms with Crippen LogP contribution in [0, 0.1) is 18.3 Å². The predicted molar refractivity (Wildman–Crippen MR) is 99.8 cm³/mol. The topological polar surface area (TPSA) is 56.3 Å². The van der Waals surface area contributed by atoms with E-state index in [2.05, 4.69) is 36.5 Å². The summed E-state index contributed by atoms with van der Waals surface area (Å²) in [4.78, 5) is 9.36. The van der Waals surface area contributed by atoms with Crippen LogP contribution in [0.5, 0.6) is 0 Å². The van der Waals surface area contributed by atoms with Gasteiger partial charge in [0, 0.05) is 30.6 Å². The molecule has 1 saturated carbocycles. The maximum Gasteiger partial charge on any atom is 0.198 e. The fourth-order valence-corrected chi connectivity index (χ4v) is 3.85. The quantitative estimate of drug-likeness (QED) is 0.852. The smallest absolute Gasteiger partial charge is 0.198 e. The summed E-state index contributed by atoms with van der Waals surface area (Å²) in [5, 5.41) is 9.68. The van der Waals surface area contributed by atoms with E-state index < -0.39 is 0 Å². The molecule has 0 bridgehead atoms. The fraction of sp³-hybridized carbons (Fsp3) is 0.500. The number of nitriles is 1. The van der Waals surface area contributed by atoms with Crippen LogP contribution in [-0.2, 0) is 0 Å². The van der Waals surface area contributed by atoms with Crippen LogP contribution in [0.1, 0.15) is 47.8 Å². The zero-order chi connectivity index (χ0) is 17.7. The second-order valence-electron chi connectivity index (χ2n) is 7.43. The van der Waals surface area contributed by atoms with Gasteiger partial charge in [0.1, 0.15) is 11.6 Å². The summed E-state index contributed by atoms with van der Waals surface area (Å²) in [6.07, 6.45) is 5.23. The molecule has 0 spiro atoms. The average Bonchev–Trinajstić information content (AvgIpc) is 3.16. The van der Waals surface area contributed by atoms with E-state index in [0.29, 0.717) is 17.5 Å². The Morgan fingerprint density at radius 2 is 2.12 bits per heavy atom. The predicted octanol–water partition coefficient (Wildman–Crippen LogP) is 3.67. The third kappa shape index (κ3) is 2.52. The van der Waals surface area contributed by atoms with E-state index in [-0.39, 0.29) is 0 Å². The summed E-state index contributed by atoms with van der Waals surface area (Å²) in [6.45, 7) is 7.92. The lowest BCUT2D eigenvalue weighted by molar-refractivity contribution is 0.315. The van der Waals surface area contributed by atoms with Gasteiger partial charge in [-0.1, -0.05) is 12.7 Å². The summed E-state index contributed by atoms with van der Waals surface area (Å²) in [5.74, 6) is 1.21. The van der Waals surface area contributed by atoms with Crippen molar-refractivity contribution in [1.29, 1.82) is 5.26 Å². The molecule has 2 fully saturated rings. The Morgan fingerprint density at radius 3 is 2.68 bits per heavy atom. The highest BCUT2D eigenvalue weighted by Gasteiger charge is 2.33. The Hall–Kier alpha value is -2.32. The highest BCUT2D eigenvalue weighted by atomic mass is 16.3. The lowest BCUT2D eigenvalue weighted by Crippen LogP contribution is -2.31. The second kappa shape index (κ2) is 5.89. The number of likely N-dealkylation sites (N-methyl/N-ethyl adjacent to an activating group) is 1. The van der Waals surface area contributed by atoms with E-state index in [0.717, 1.165) is 66.2 Å². The number of fused-ring (bicyclic) bond motifs is 1. The molecule has 1 aliphatic carbocycles. The van der Waals surface area contributed by atoms with Crippen molar-refractivity contribution in [3.63, 3.8) is 0 Å². The average molecular weight is 336 g/mol. The van der Waals surface area contributed by atoms with E-state index in [1.807, 2.05) is 13.0 Å². The Labute approximate surface area is 148 Å². The maximum atomic E-state index is 9.68. The Kier molecular flexibility index (Phi) is 3.81. The minimum atomic E-state index is 0.424. The molecule has 1 aliphatic heterocycles. The van der Waals surface area contributed by atoms with Gasteiger partial charge in [0.2, 0.25) is 0 Å². The van der Waals surface area contributed by atoms with Gasteiger partial charge in [-0.3, -0.25) is 0 Å². The third-order valence-electron chi connectivity index (χ3n) is 5.58. The fourth-order valence-electron chi connectivity index (χ4n) is 3.85. The molecule has 1 unspecified atom stereocenters. The Morgan fingerprint density at radius 1 is 1.36 bits per heavy atom. The van der Waals surface area contributed by atoms with E-state index in [9.17, 15) is 5.26 Å². The molecule has 2 aliphatic rings. The van der Waals surface area contributed by atoms with E-state index in [1.54, 1.807) is 0 Å². The maximum absolute atomic E-state index is 9.68. The van der Waals surface area contributed by atoms with Crippen molar-refractivity contribution in [2.45, 2.75) is 38.1 Å². The summed E-state index contributed by atoms with van der Waals surface area (Å²) in [6, 6.07) is 2.86.